The van der Waals surface area contributed by atoms with Gasteiger partial charge in [0, 0.05) is 18.7 Å². The van der Waals surface area contributed by atoms with Gasteiger partial charge >= 0.3 is 0 Å². The second-order valence-corrected chi connectivity index (χ2v) is 5.57. The molecule has 4 nitrogen and oxygen atoms in total. The van der Waals surface area contributed by atoms with Crippen molar-refractivity contribution in [3.8, 4) is 5.69 Å². The molecule has 0 saturated carbocycles. The molecule has 2 aromatic carbocycles. The molecule has 0 bridgehead atoms. The number of aromatic nitrogens is 2. The highest BCUT2D eigenvalue weighted by molar-refractivity contribution is 5.78. The maximum absolute atomic E-state index is 9.35. The van der Waals surface area contributed by atoms with Crippen LogP contribution in [-0.2, 0) is 6.42 Å². The lowest BCUT2D eigenvalue weighted by atomic mass is 10.2. The maximum Gasteiger partial charge on any atom is 0.115 e. The molecule has 3 aromatic rings. The highest BCUT2D eigenvalue weighted by Crippen LogP contribution is 2.22. The van der Waals surface area contributed by atoms with E-state index in [2.05, 4.69) is 47.1 Å². The van der Waals surface area contributed by atoms with Gasteiger partial charge in [-0.25, -0.2) is 4.98 Å². The number of para-hydroxylation sites is 2. The fourth-order valence-electron chi connectivity index (χ4n) is 2.62. The lowest BCUT2D eigenvalue weighted by Gasteiger charge is -2.11. The third-order valence-electron chi connectivity index (χ3n) is 3.71. The van der Waals surface area contributed by atoms with Crippen molar-refractivity contribution in [1.82, 2.24) is 14.9 Å². The van der Waals surface area contributed by atoms with Gasteiger partial charge in [0.2, 0.25) is 0 Å². The van der Waals surface area contributed by atoms with Crippen LogP contribution in [0.25, 0.3) is 16.7 Å². The minimum Gasteiger partial charge on any atom is -0.379 e. The summed E-state index contributed by atoms with van der Waals surface area (Å²) in [4.78, 5) is 4.75. The zero-order valence-electron chi connectivity index (χ0n) is 13.0. The van der Waals surface area contributed by atoms with Crippen LogP contribution in [0.4, 0.5) is 0 Å². The van der Waals surface area contributed by atoms with Gasteiger partial charge < -0.3 is 5.11 Å². The quantitative estimate of drug-likeness (QED) is 0.712. The lowest BCUT2D eigenvalue weighted by molar-refractivity contribution is 0.157. The van der Waals surface area contributed by atoms with Crippen molar-refractivity contribution in [1.29, 1.82) is 0 Å². The average molecular weight is 295 g/mol. The Morgan fingerprint density at radius 2 is 1.86 bits per heavy atom. The fourth-order valence-corrected chi connectivity index (χ4v) is 2.62. The highest BCUT2D eigenvalue weighted by Gasteiger charge is 2.12. The fraction of sp³-hybridized carbons (Fsp3) is 0.278. The van der Waals surface area contributed by atoms with Crippen molar-refractivity contribution in [2.75, 3.05) is 6.54 Å². The number of nitrogens with one attached hydrogen (secondary N) is 1. The summed E-state index contributed by atoms with van der Waals surface area (Å²) in [6.45, 7) is 4.50. The SMILES string of the molecule is Cc1ccc(-n2c(CCNC(C)O)nc3ccccc32)cc1. The first kappa shape index (κ1) is 14.8. The molecule has 0 spiro atoms. The number of hydrogen-bond acceptors (Lipinski definition) is 3. The van der Waals surface area contributed by atoms with Crippen molar-refractivity contribution in [2.45, 2.75) is 26.5 Å². The molecule has 22 heavy (non-hydrogen) atoms. The zero-order valence-corrected chi connectivity index (χ0v) is 13.0. The summed E-state index contributed by atoms with van der Waals surface area (Å²) in [5, 5.41) is 12.4. The maximum atomic E-state index is 9.35. The predicted molar refractivity (Wildman–Crippen MR) is 89.2 cm³/mol. The number of nitrogens with zero attached hydrogens (tertiary/aromatic N) is 2. The van der Waals surface area contributed by atoms with E-state index in [1.165, 1.54) is 5.56 Å². The summed E-state index contributed by atoms with van der Waals surface area (Å²) < 4.78 is 2.19. The number of aliphatic hydroxyl groups is 1. The molecule has 4 heteroatoms. The molecule has 0 aliphatic rings. The minimum absolute atomic E-state index is 0.503. The second kappa shape index (κ2) is 6.30. The second-order valence-electron chi connectivity index (χ2n) is 5.57. The third kappa shape index (κ3) is 3.03. The number of hydrogen-bond donors (Lipinski definition) is 2. The van der Waals surface area contributed by atoms with Crippen molar-refractivity contribution in [3.05, 3.63) is 59.9 Å². The molecule has 3 rings (SSSR count). The van der Waals surface area contributed by atoms with Gasteiger partial charge in [0.15, 0.2) is 0 Å². The number of imidazole rings is 1. The molecule has 1 unspecified atom stereocenters. The van der Waals surface area contributed by atoms with E-state index in [9.17, 15) is 5.11 Å². The molecule has 0 aliphatic heterocycles. The summed E-state index contributed by atoms with van der Waals surface area (Å²) in [6.07, 6.45) is 0.255. The Morgan fingerprint density at radius 1 is 1.14 bits per heavy atom. The van der Waals surface area contributed by atoms with Gasteiger partial charge in [-0.05, 0) is 38.1 Å². The molecular formula is C18H21N3O. The monoisotopic (exact) mass is 295 g/mol. The molecule has 0 fully saturated rings. The Balaban J connectivity index is 2.03. The van der Waals surface area contributed by atoms with Gasteiger partial charge in [-0.1, -0.05) is 29.8 Å². The van der Waals surface area contributed by atoms with Crippen LogP contribution in [0.3, 0.4) is 0 Å². The highest BCUT2D eigenvalue weighted by atomic mass is 16.3. The normalized spacial score (nSPS) is 12.7. The zero-order chi connectivity index (χ0) is 15.5. The van der Waals surface area contributed by atoms with Crippen LogP contribution in [0.2, 0.25) is 0 Å². The van der Waals surface area contributed by atoms with Crippen molar-refractivity contribution in [3.63, 3.8) is 0 Å². The van der Waals surface area contributed by atoms with Crippen LogP contribution < -0.4 is 5.32 Å². The minimum atomic E-state index is -0.503. The standard InChI is InChI=1S/C18H21N3O/c1-13-7-9-15(10-8-13)21-17-6-4-3-5-16(17)20-18(21)11-12-19-14(2)22/h3-10,14,19,22H,11-12H2,1-2H3. The van der Waals surface area contributed by atoms with E-state index < -0.39 is 6.23 Å². The van der Waals surface area contributed by atoms with E-state index in [-0.39, 0.29) is 0 Å². The van der Waals surface area contributed by atoms with Gasteiger partial charge in [-0.15, -0.1) is 0 Å². The Bertz CT molecular complexity index is 760. The molecule has 1 aromatic heterocycles. The van der Waals surface area contributed by atoms with Gasteiger partial charge in [-0.2, -0.15) is 0 Å². The van der Waals surface area contributed by atoms with Gasteiger partial charge in [-0.3, -0.25) is 9.88 Å². The number of aryl methyl sites for hydroxylation is 1. The molecular weight excluding hydrogens is 274 g/mol. The molecule has 2 N–H and O–H groups in total. The van der Waals surface area contributed by atoms with Gasteiger partial charge in [0.25, 0.3) is 0 Å². The van der Waals surface area contributed by atoms with E-state index in [4.69, 9.17) is 4.98 Å². The summed E-state index contributed by atoms with van der Waals surface area (Å²) >= 11 is 0. The molecule has 0 saturated heterocycles. The van der Waals surface area contributed by atoms with Crippen molar-refractivity contribution < 1.29 is 5.11 Å². The third-order valence-corrected chi connectivity index (χ3v) is 3.71. The van der Waals surface area contributed by atoms with Crippen molar-refractivity contribution >= 4 is 11.0 Å². The first-order valence-electron chi connectivity index (χ1n) is 7.60. The van der Waals surface area contributed by atoms with E-state index >= 15 is 0 Å². The van der Waals surface area contributed by atoms with E-state index in [0.29, 0.717) is 6.54 Å². The summed E-state index contributed by atoms with van der Waals surface area (Å²) in [5.74, 6) is 0.998. The molecule has 0 amide bonds. The summed E-state index contributed by atoms with van der Waals surface area (Å²) in [5.41, 5.74) is 4.46. The van der Waals surface area contributed by atoms with Crippen LogP contribution in [0.5, 0.6) is 0 Å². The number of benzene rings is 2. The van der Waals surface area contributed by atoms with Crippen LogP contribution in [0.1, 0.15) is 18.3 Å². The topological polar surface area (TPSA) is 50.1 Å². The first-order valence-corrected chi connectivity index (χ1v) is 7.60. The van der Waals surface area contributed by atoms with Crippen LogP contribution in [-0.4, -0.2) is 27.4 Å². The lowest BCUT2D eigenvalue weighted by Crippen LogP contribution is -2.28. The van der Waals surface area contributed by atoms with Gasteiger partial charge in [0.05, 0.1) is 11.0 Å². The average Bonchev–Trinajstić information content (AvgIpc) is 2.86. The molecule has 1 atom stereocenters. The van der Waals surface area contributed by atoms with Crippen LogP contribution in [0, 0.1) is 6.92 Å². The Hall–Kier alpha value is -2.17. The van der Waals surface area contributed by atoms with Crippen LogP contribution >= 0.6 is 0 Å². The Labute approximate surface area is 130 Å². The van der Waals surface area contributed by atoms with E-state index in [0.717, 1.165) is 29.0 Å². The number of fused-ring (bicyclic) bond motifs is 1. The summed E-state index contributed by atoms with van der Waals surface area (Å²) in [7, 11) is 0. The molecule has 114 valence electrons. The molecule has 0 aliphatic carbocycles. The predicted octanol–water partition coefficient (Wildman–Crippen LogP) is 2.80. The smallest absolute Gasteiger partial charge is 0.115 e. The summed E-state index contributed by atoms with van der Waals surface area (Å²) in [6, 6.07) is 16.6. The Kier molecular flexibility index (Phi) is 4.22. The molecule has 1 heterocycles. The van der Waals surface area contributed by atoms with E-state index in [1.54, 1.807) is 6.92 Å². The Morgan fingerprint density at radius 3 is 2.59 bits per heavy atom. The van der Waals surface area contributed by atoms with E-state index in [1.807, 2.05) is 18.2 Å². The van der Waals surface area contributed by atoms with Crippen LogP contribution in [0.15, 0.2) is 48.5 Å². The van der Waals surface area contributed by atoms with Crippen molar-refractivity contribution in [2.24, 2.45) is 0 Å². The first-order chi connectivity index (χ1) is 10.6. The van der Waals surface area contributed by atoms with Gasteiger partial charge in [0.1, 0.15) is 12.1 Å². The number of rotatable bonds is 5. The molecule has 0 radical (unpaired) electrons. The largest absolute Gasteiger partial charge is 0.379 e. The number of aliphatic hydroxyl groups excluding tert-OH is 1.